The summed E-state index contributed by atoms with van der Waals surface area (Å²) in [6.45, 7) is 4.75. The van der Waals surface area contributed by atoms with Crippen molar-refractivity contribution in [2.75, 3.05) is 23.7 Å². The molecule has 7 nitrogen and oxygen atoms in total. The molecule has 0 saturated heterocycles. The van der Waals surface area contributed by atoms with E-state index in [1.165, 1.54) is 11.8 Å². The van der Waals surface area contributed by atoms with Gasteiger partial charge in [0.2, 0.25) is 21.8 Å². The second kappa shape index (κ2) is 12.5. The van der Waals surface area contributed by atoms with Gasteiger partial charge >= 0.3 is 6.18 Å². The van der Waals surface area contributed by atoms with Crippen molar-refractivity contribution < 1.29 is 31.2 Å². The van der Waals surface area contributed by atoms with Crippen molar-refractivity contribution in [3.63, 3.8) is 0 Å². The first-order chi connectivity index (χ1) is 17.0. The second-order valence-corrected chi connectivity index (χ2v) is 12.1. The summed E-state index contributed by atoms with van der Waals surface area (Å²) < 4.78 is 66.5. The van der Waals surface area contributed by atoms with E-state index < -0.39 is 51.9 Å². The topological polar surface area (TPSA) is 86.8 Å². The van der Waals surface area contributed by atoms with Crippen molar-refractivity contribution in [3.05, 3.63) is 63.1 Å². The lowest BCUT2D eigenvalue weighted by Crippen LogP contribution is -2.51. The lowest BCUT2D eigenvalue weighted by molar-refractivity contribution is -0.139. The highest BCUT2D eigenvalue weighted by molar-refractivity contribution is 9.10. The number of halogens is 5. The van der Waals surface area contributed by atoms with E-state index in [0.717, 1.165) is 22.9 Å². The molecule has 2 amide bonds. The Morgan fingerprint density at radius 1 is 1.08 bits per heavy atom. The molecule has 2 aromatic rings. The van der Waals surface area contributed by atoms with E-state index in [1.54, 1.807) is 24.3 Å². The largest absolute Gasteiger partial charge is 0.416 e. The molecule has 37 heavy (non-hydrogen) atoms. The molecule has 204 valence electrons. The van der Waals surface area contributed by atoms with Crippen LogP contribution in [0.1, 0.15) is 31.9 Å². The van der Waals surface area contributed by atoms with Crippen LogP contribution in [-0.2, 0) is 32.3 Å². The summed E-state index contributed by atoms with van der Waals surface area (Å²) in [5, 5.41) is 2.46. The van der Waals surface area contributed by atoms with Crippen molar-refractivity contribution in [1.82, 2.24) is 10.2 Å². The number of nitrogens with zero attached hydrogens (tertiary/aromatic N) is 2. The molecular formula is C24H28BrClF3N3O4S. The Hall–Kier alpha value is -2.31. The van der Waals surface area contributed by atoms with E-state index >= 15 is 0 Å². The molecular weight excluding hydrogens is 599 g/mol. The molecule has 0 spiro atoms. The van der Waals surface area contributed by atoms with Crippen molar-refractivity contribution in [1.29, 1.82) is 0 Å². The fourth-order valence-electron chi connectivity index (χ4n) is 3.30. The van der Waals surface area contributed by atoms with Crippen LogP contribution in [0, 0.1) is 5.92 Å². The van der Waals surface area contributed by atoms with Crippen LogP contribution in [0.25, 0.3) is 0 Å². The minimum atomic E-state index is -4.76. The summed E-state index contributed by atoms with van der Waals surface area (Å²) in [5.74, 6) is -1.10. The first-order valence-corrected chi connectivity index (χ1v) is 14.2. The van der Waals surface area contributed by atoms with Gasteiger partial charge in [-0.1, -0.05) is 53.5 Å². The minimum absolute atomic E-state index is 0.0453. The highest BCUT2D eigenvalue weighted by Gasteiger charge is 2.34. The first-order valence-electron chi connectivity index (χ1n) is 11.2. The third kappa shape index (κ3) is 8.89. The number of anilines is 1. The van der Waals surface area contributed by atoms with E-state index in [-0.39, 0.29) is 17.5 Å². The van der Waals surface area contributed by atoms with E-state index in [9.17, 15) is 31.2 Å². The summed E-state index contributed by atoms with van der Waals surface area (Å²) in [6.07, 6.45) is -4.00. The molecule has 2 rings (SSSR count). The zero-order chi connectivity index (χ0) is 28.1. The first kappa shape index (κ1) is 30.9. The van der Waals surface area contributed by atoms with Gasteiger partial charge in [0.1, 0.15) is 12.6 Å². The normalized spacial score (nSPS) is 12.8. The molecule has 0 aliphatic heterocycles. The Bertz CT molecular complexity index is 1220. The molecule has 2 aromatic carbocycles. The number of carbonyl (C=O) groups excluding carboxylic acids is 2. The molecule has 0 aromatic heterocycles. The molecule has 0 aliphatic rings. The highest BCUT2D eigenvalue weighted by atomic mass is 79.9. The average molecular weight is 627 g/mol. The van der Waals surface area contributed by atoms with Crippen molar-refractivity contribution in [3.8, 4) is 0 Å². The molecule has 0 saturated carbocycles. The van der Waals surface area contributed by atoms with Crippen LogP contribution in [0.15, 0.2) is 46.9 Å². The molecule has 13 heteroatoms. The fraction of sp³-hybridized carbons (Fsp3) is 0.417. The summed E-state index contributed by atoms with van der Waals surface area (Å²) in [5.41, 5.74) is -0.961. The van der Waals surface area contributed by atoms with Gasteiger partial charge in [-0.2, -0.15) is 13.2 Å². The summed E-state index contributed by atoms with van der Waals surface area (Å²) in [7, 11) is -4.25. The van der Waals surface area contributed by atoms with Gasteiger partial charge in [0.05, 0.1) is 22.5 Å². The van der Waals surface area contributed by atoms with Crippen molar-refractivity contribution in [2.45, 2.75) is 39.5 Å². The molecule has 0 unspecified atom stereocenters. The van der Waals surface area contributed by atoms with Gasteiger partial charge in [0.15, 0.2) is 0 Å². The van der Waals surface area contributed by atoms with Crippen molar-refractivity contribution >= 4 is 55.1 Å². The number of amides is 2. The van der Waals surface area contributed by atoms with E-state index in [0.29, 0.717) is 22.5 Å². The smallest absolute Gasteiger partial charge is 0.354 e. The molecule has 0 heterocycles. The van der Waals surface area contributed by atoms with Gasteiger partial charge in [-0.05, 0) is 48.7 Å². The van der Waals surface area contributed by atoms with Crippen LogP contribution in [-0.4, -0.2) is 50.5 Å². The van der Waals surface area contributed by atoms with Crippen LogP contribution in [0.2, 0.25) is 5.02 Å². The predicted molar refractivity (Wildman–Crippen MR) is 141 cm³/mol. The number of rotatable bonds is 10. The number of hydrogen-bond acceptors (Lipinski definition) is 4. The van der Waals surface area contributed by atoms with Gasteiger partial charge in [0.25, 0.3) is 0 Å². The van der Waals surface area contributed by atoms with Crippen LogP contribution < -0.4 is 9.62 Å². The Morgan fingerprint density at radius 3 is 2.19 bits per heavy atom. The molecule has 0 fully saturated rings. The molecule has 1 atom stereocenters. The maximum Gasteiger partial charge on any atom is 0.416 e. The summed E-state index contributed by atoms with van der Waals surface area (Å²) >= 11 is 9.39. The van der Waals surface area contributed by atoms with Gasteiger partial charge in [-0.15, -0.1) is 0 Å². The van der Waals surface area contributed by atoms with Crippen LogP contribution >= 0.6 is 27.5 Å². The van der Waals surface area contributed by atoms with Crippen LogP contribution in [0.4, 0.5) is 18.9 Å². The molecule has 0 radical (unpaired) electrons. The maximum atomic E-state index is 13.5. The highest BCUT2D eigenvalue weighted by Crippen LogP contribution is 2.36. The average Bonchev–Trinajstić information content (AvgIpc) is 2.79. The van der Waals surface area contributed by atoms with E-state index in [4.69, 9.17) is 11.6 Å². The Kier molecular flexibility index (Phi) is 10.4. The van der Waals surface area contributed by atoms with Gasteiger partial charge in [0, 0.05) is 17.6 Å². The minimum Gasteiger partial charge on any atom is -0.354 e. The monoisotopic (exact) mass is 625 g/mol. The Balaban J connectivity index is 2.47. The summed E-state index contributed by atoms with van der Waals surface area (Å²) in [4.78, 5) is 27.5. The van der Waals surface area contributed by atoms with Crippen LogP contribution in [0.3, 0.4) is 0 Å². The number of sulfonamides is 1. The fourth-order valence-corrected chi connectivity index (χ4v) is 4.68. The zero-order valence-corrected chi connectivity index (χ0v) is 23.8. The number of nitrogens with one attached hydrogen (secondary N) is 1. The lowest BCUT2D eigenvalue weighted by atomic mass is 10.1. The van der Waals surface area contributed by atoms with Gasteiger partial charge < -0.3 is 10.2 Å². The third-order valence-electron chi connectivity index (χ3n) is 5.34. The molecule has 1 N–H and O–H groups in total. The van der Waals surface area contributed by atoms with E-state index in [2.05, 4.69) is 21.2 Å². The third-order valence-corrected chi connectivity index (χ3v) is 7.31. The predicted octanol–water partition coefficient (Wildman–Crippen LogP) is 5.08. The summed E-state index contributed by atoms with van der Waals surface area (Å²) in [6, 6.07) is 8.14. The number of hydrogen-bond donors (Lipinski definition) is 1. The quantitative estimate of drug-likeness (QED) is 0.399. The molecule has 0 aliphatic carbocycles. The number of alkyl halides is 3. The maximum absolute atomic E-state index is 13.5. The Labute approximate surface area is 228 Å². The lowest BCUT2D eigenvalue weighted by Gasteiger charge is -2.32. The number of benzene rings is 2. The van der Waals surface area contributed by atoms with Crippen LogP contribution in [0.5, 0.6) is 0 Å². The number of carbonyl (C=O) groups is 2. The molecule has 0 bridgehead atoms. The SMILES string of the molecule is CC(C)CNC(=O)[C@H](C)N(Cc1ccc(Br)cc1)C(=O)CN(c1cc(C(F)(F)F)ccc1Cl)S(C)(=O)=O. The van der Waals surface area contributed by atoms with Gasteiger partial charge in [-0.3, -0.25) is 13.9 Å². The zero-order valence-electron chi connectivity index (χ0n) is 20.6. The van der Waals surface area contributed by atoms with E-state index in [1.807, 2.05) is 13.8 Å². The Morgan fingerprint density at radius 2 is 1.68 bits per heavy atom. The standard InChI is InChI=1S/C24H28BrClF3N3O4S/c1-15(2)12-30-23(34)16(3)31(13-17-5-8-19(25)9-6-17)22(33)14-32(37(4,35)36)21-11-18(24(27,28)29)7-10-20(21)26/h5-11,15-16H,12-14H2,1-4H3,(H,30,34)/t16-/m0/s1. The van der Waals surface area contributed by atoms with Gasteiger partial charge in [-0.25, -0.2) is 8.42 Å². The van der Waals surface area contributed by atoms with Crippen molar-refractivity contribution in [2.24, 2.45) is 5.92 Å². The second-order valence-electron chi connectivity index (χ2n) is 8.90.